The summed E-state index contributed by atoms with van der Waals surface area (Å²) in [7, 11) is 0. The number of pyridine rings is 1. The number of hydrogen-bond acceptors (Lipinski definition) is 3. The Balaban J connectivity index is 1.69. The molecule has 1 aliphatic heterocycles. The molecule has 0 spiro atoms. The van der Waals surface area contributed by atoms with Crippen molar-refractivity contribution in [2.75, 3.05) is 13.1 Å². The molecule has 1 saturated heterocycles. The highest BCUT2D eigenvalue weighted by Crippen LogP contribution is 2.43. The van der Waals surface area contributed by atoms with E-state index in [0.29, 0.717) is 17.0 Å². The smallest absolute Gasteiger partial charge is 0.179 e. The van der Waals surface area contributed by atoms with E-state index in [-0.39, 0.29) is 0 Å². The second-order valence-corrected chi connectivity index (χ2v) is 5.84. The van der Waals surface area contributed by atoms with Crippen molar-refractivity contribution < 1.29 is 0 Å². The van der Waals surface area contributed by atoms with Crippen molar-refractivity contribution in [3.8, 4) is 6.19 Å². The largest absolute Gasteiger partial charge is 0.310 e. The van der Waals surface area contributed by atoms with Crippen LogP contribution in [0.2, 0.25) is 5.15 Å². The van der Waals surface area contributed by atoms with Gasteiger partial charge in [0.1, 0.15) is 5.15 Å². The molecule has 1 saturated carbocycles. The van der Waals surface area contributed by atoms with Gasteiger partial charge in [0.25, 0.3) is 0 Å². The van der Waals surface area contributed by atoms with Crippen molar-refractivity contribution in [3.05, 3.63) is 29.0 Å². The Morgan fingerprint density at radius 2 is 2.33 bits per heavy atom. The molecule has 3 unspecified atom stereocenters. The van der Waals surface area contributed by atoms with Gasteiger partial charge in [-0.2, -0.15) is 5.26 Å². The van der Waals surface area contributed by atoms with Gasteiger partial charge in [0.05, 0.1) is 0 Å². The summed E-state index contributed by atoms with van der Waals surface area (Å²) in [4.78, 5) is 5.94. The Morgan fingerprint density at radius 1 is 1.44 bits per heavy atom. The van der Waals surface area contributed by atoms with Gasteiger partial charge in [0.2, 0.25) is 0 Å². The average Bonchev–Trinajstić information content (AvgIpc) is 2.91. The minimum atomic E-state index is 0.576. The van der Waals surface area contributed by atoms with Crippen molar-refractivity contribution in [1.29, 1.82) is 5.26 Å². The lowest BCUT2D eigenvalue weighted by molar-refractivity contribution is 0.352. The van der Waals surface area contributed by atoms with Crippen LogP contribution in [0.1, 0.15) is 18.4 Å². The first-order valence-corrected chi connectivity index (χ1v) is 6.89. The molecular weight excluding hydrogens is 246 g/mol. The van der Waals surface area contributed by atoms with Crippen molar-refractivity contribution in [2.45, 2.75) is 19.3 Å². The van der Waals surface area contributed by atoms with E-state index >= 15 is 0 Å². The first-order chi connectivity index (χ1) is 8.76. The van der Waals surface area contributed by atoms with Gasteiger partial charge in [-0.25, -0.2) is 4.98 Å². The maximum atomic E-state index is 8.98. The van der Waals surface area contributed by atoms with Crippen LogP contribution in [0, 0.1) is 29.2 Å². The maximum Gasteiger partial charge on any atom is 0.179 e. The number of rotatable bonds is 2. The highest BCUT2D eigenvalue weighted by Gasteiger charge is 2.42. The molecular formula is C14H16ClN3. The van der Waals surface area contributed by atoms with Crippen LogP contribution < -0.4 is 0 Å². The Morgan fingerprint density at radius 3 is 3.11 bits per heavy atom. The Labute approximate surface area is 112 Å². The molecule has 2 aliphatic rings. The maximum absolute atomic E-state index is 8.98. The quantitative estimate of drug-likeness (QED) is 0.607. The summed E-state index contributed by atoms with van der Waals surface area (Å²) in [6.07, 6.45) is 7.69. The van der Waals surface area contributed by atoms with Gasteiger partial charge in [-0.3, -0.25) is 0 Å². The molecule has 2 heterocycles. The number of halogens is 1. The molecule has 94 valence electrons. The van der Waals surface area contributed by atoms with Gasteiger partial charge in [0, 0.05) is 19.3 Å². The third kappa shape index (κ3) is 2.18. The van der Waals surface area contributed by atoms with E-state index in [0.717, 1.165) is 25.4 Å². The number of aromatic nitrogens is 1. The van der Waals surface area contributed by atoms with Crippen LogP contribution in [0.25, 0.3) is 0 Å². The molecule has 4 heteroatoms. The fraction of sp³-hybridized carbons (Fsp3) is 0.571. The molecule has 3 atom stereocenters. The Hall–Kier alpha value is -1.27. The predicted molar refractivity (Wildman–Crippen MR) is 69.8 cm³/mol. The number of nitrogens with zero attached hydrogens (tertiary/aromatic N) is 3. The molecule has 0 N–H and O–H groups in total. The van der Waals surface area contributed by atoms with Crippen LogP contribution >= 0.6 is 11.6 Å². The second-order valence-electron chi connectivity index (χ2n) is 5.46. The van der Waals surface area contributed by atoms with E-state index in [2.05, 4.69) is 17.2 Å². The fourth-order valence-electron chi connectivity index (χ4n) is 3.59. The third-order valence-electron chi connectivity index (χ3n) is 4.44. The number of fused-ring (bicyclic) bond motifs is 1. The van der Waals surface area contributed by atoms with Crippen LogP contribution in [0.15, 0.2) is 18.3 Å². The average molecular weight is 262 g/mol. The normalized spacial score (nSPS) is 30.2. The van der Waals surface area contributed by atoms with E-state index in [1.807, 2.05) is 11.0 Å². The highest BCUT2D eigenvalue weighted by atomic mass is 35.5. The lowest BCUT2D eigenvalue weighted by atomic mass is 9.88. The summed E-state index contributed by atoms with van der Waals surface area (Å²) in [5, 5.41) is 9.56. The molecule has 0 aromatic carbocycles. The van der Waals surface area contributed by atoms with Crippen molar-refractivity contribution >= 4 is 11.6 Å². The lowest BCUT2D eigenvalue weighted by Gasteiger charge is -2.18. The zero-order valence-corrected chi connectivity index (χ0v) is 11.0. The van der Waals surface area contributed by atoms with Crippen LogP contribution in [0.4, 0.5) is 0 Å². The van der Waals surface area contributed by atoms with Crippen LogP contribution in [0.5, 0.6) is 0 Å². The second kappa shape index (κ2) is 4.78. The molecule has 3 nitrogen and oxygen atoms in total. The van der Waals surface area contributed by atoms with Gasteiger partial charge in [0.15, 0.2) is 6.19 Å². The van der Waals surface area contributed by atoms with Crippen LogP contribution in [0.3, 0.4) is 0 Å². The van der Waals surface area contributed by atoms with Crippen LogP contribution in [-0.2, 0) is 6.42 Å². The SMILES string of the molecule is N#CN1CC2CCC(Cc3ccnc(Cl)c3)C2C1. The lowest BCUT2D eigenvalue weighted by Crippen LogP contribution is -2.19. The van der Waals surface area contributed by atoms with Crippen molar-refractivity contribution in [2.24, 2.45) is 17.8 Å². The fourth-order valence-corrected chi connectivity index (χ4v) is 3.78. The Bertz CT molecular complexity index is 482. The number of nitriles is 1. The number of likely N-dealkylation sites (tertiary alicyclic amines) is 1. The molecule has 0 bridgehead atoms. The van der Waals surface area contributed by atoms with Crippen LogP contribution in [-0.4, -0.2) is 23.0 Å². The summed E-state index contributed by atoms with van der Waals surface area (Å²) >= 11 is 5.92. The Kier molecular flexibility index (Phi) is 3.13. The summed E-state index contributed by atoms with van der Waals surface area (Å²) in [6, 6.07) is 4.02. The summed E-state index contributed by atoms with van der Waals surface area (Å²) in [6.45, 7) is 1.92. The topological polar surface area (TPSA) is 39.9 Å². The molecule has 1 aromatic heterocycles. The zero-order chi connectivity index (χ0) is 12.5. The number of hydrogen-bond donors (Lipinski definition) is 0. The minimum absolute atomic E-state index is 0.576. The van der Waals surface area contributed by atoms with E-state index in [4.69, 9.17) is 16.9 Å². The van der Waals surface area contributed by atoms with Crippen molar-refractivity contribution in [1.82, 2.24) is 9.88 Å². The molecule has 18 heavy (non-hydrogen) atoms. The van der Waals surface area contributed by atoms with E-state index in [9.17, 15) is 0 Å². The monoisotopic (exact) mass is 261 g/mol. The summed E-state index contributed by atoms with van der Waals surface area (Å²) < 4.78 is 0. The highest BCUT2D eigenvalue weighted by molar-refractivity contribution is 6.29. The van der Waals surface area contributed by atoms with Gasteiger partial charge < -0.3 is 4.90 Å². The van der Waals surface area contributed by atoms with E-state index in [1.54, 1.807) is 6.20 Å². The minimum Gasteiger partial charge on any atom is -0.310 e. The third-order valence-corrected chi connectivity index (χ3v) is 4.64. The van der Waals surface area contributed by atoms with E-state index < -0.39 is 0 Å². The molecule has 0 radical (unpaired) electrons. The first-order valence-electron chi connectivity index (χ1n) is 6.51. The van der Waals surface area contributed by atoms with Crippen molar-refractivity contribution in [3.63, 3.8) is 0 Å². The standard InChI is InChI=1S/C14H16ClN3/c15-14-6-10(3-4-17-14)5-11-1-2-12-7-18(9-16)8-13(11)12/h3-4,6,11-13H,1-2,5,7-8H2. The molecule has 3 rings (SSSR count). The van der Waals surface area contributed by atoms with E-state index in [1.165, 1.54) is 18.4 Å². The summed E-state index contributed by atoms with van der Waals surface area (Å²) in [5.74, 6) is 2.12. The zero-order valence-electron chi connectivity index (χ0n) is 10.2. The molecule has 1 aromatic rings. The predicted octanol–water partition coefficient (Wildman–Crippen LogP) is 2.72. The molecule has 0 amide bonds. The van der Waals surface area contributed by atoms with Gasteiger partial charge in [-0.05, 0) is 54.7 Å². The van der Waals surface area contributed by atoms with Gasteiger partial charge in [-0.15, -0.1) is 0 Å². The molecule has 2 fully saturated rings. The molecule has 1 aliphatic carbocycles. The van der Waals surface area contributed by atoms with Gasteiger partial charge >= 0.3 is 0 Å². The first kappa shape index (κ1) is 11.8. The van der Waals surface area contributed by atoms with Gasteiger partial charge in [-0.1, -0.05) is 11.6 Å². The summed E-state index contributed by atoms with van der Waals surface area (Å²) in [5.41, 5.74) is 1.27.